The number of halogens is 2. The molecule has 1 aliphatic heterocycles. The topological polar surface area (TPSA) is 32.3 Å². The minimum atomic E-state index is -0.0847. The van der Waals surface area contributed by atoms with E-state index in [1.54, 1.807) is 29.2 Å². The van der Waals surface area contributed by atoms with Crippen LogP contribution in [0.1, 0.15) is 18.4 Å². The molecule has 1 heterocycles. The second-order valence-electron chi connectivity index (χ2n) is 4.56. The highest BCUT2D eigenvalue weighted by Gasteiger charge is 2.41. The van der Waals surface area contributed by atoms with Crippen molar-refractivity contribution in [1.29, 1.82) is 0 Å². The van der Waals surface area contributed by atoms with Gasteiger partial charge in [-0.25, -0.2) is 0 Å². The third-order valence-electron chi connectivity index (χ3n) is 3.08. The second kappa shape index (κ2) is 4.78. The molecule has 0 radical (unpaired) electrons. The maximum Gasteiger partial charge on any atom is 0.276 e. The van der Waals surface area contributed by atoms with Crippen molar-refractivity contribution in [3.63, 3.8) is 0 Å². The second-order valence-corrected chi connectivity index (χ2v) is 5.79. The molecule has 2 aliphatic rings. The maximum absolute atomic E-state index is 12.2. The summed E-state index contributed by atoms with van der Waals surface area (Å²) in [4.78, 5) is 13.9. The van der Waals surface area contributed by atoms with Crippen LogP contribution in [0, 0.1) is 0 Å². The molecule has 0 atom stereocenters. The molecule has 0 unspecified atom stereocenters. The van der Waals surface area contributed by atoms with E-state index in [4.69, 9.17) is 35.4 Å². The molecule has 1 saturated carbocycles. The molecule has 0 spiro atoms. The SMILES string of the molecule is O=C1/C(=C\c2ccc(Cl)cc2Cl)NC(=S)N1C1CC1. The number of hydrogen-bond acceptors (Lipinski definition) is 2. The molecule has 1 amide bonds. The van der Waals surface area contributed by atoms with Crippen molar-refractivity contribution in [3.05, 3.63) is 39.5 Å². The van der Waals surface area contributed by atoms with Crippen LogP contribution < -0.4 is 5.32 Å². The van der Waals surface area contributed by atoms with E-state index in [1.807, 2.05) is 0 Å². The fraction of sp³-hybridized carbons (Fsp3) is 0.231. The van der Waals surface area contributed by atoms with Gasteiger partial charge in [-0.1, -0.05) is 29.3 Å². The zero-order chi connectivity index (χ0) is 13.6. The number of thiocarbonyl (C=S) groups is 1. The Bertz CT molecular complexity index is 611. The Morgan fingerprint density at radius 2 is 2.11 bits per heavy atom. The lowest BCUT2D eigenvalue weighted by atomic mass is 10.2. The molecule has 1 aromatic carbocycles. The van der Waals surface area contributed by atoms with Crippen LogP contribution in [-0.2, 0) is 4.79 Å². The number of nitrogens with one attached hydrogen (secondary N) is 1. The summed E-state index contributed by atoms with van der Waals surface area (Å²) < 4.78 is 0. The van der Waals surface area contributed by atoms with Crippen molar-refractivity contribution in [1.82, 2.24) is 10.2 Å². The predicted molar refractivity (Wildman–Crippen MR) is 80.0 cm³/mol. The summed E-state index contributed by atoms with van der Waals surface area (Å²) in [5, 5.41) is 4.49. The van der Waals surface area contributed by atoms with Crippen LogP contribution >= 0.6 is 35.4 Å². The molecule has 6 heteroatoms. The minimum Gasteiger partial charge on any atom is -0.328 e. The van der Waals surface area contributed by atoms with Crippen molar-refractivity contribution in [2.45, 2.75) is 18.9 Å². The molecule has 1 aromatic rings. The molecule has 0 aromatic heterocycles. The lowest BCUT2D eigenvalue weighted by Gasteiger charge is -2.11. The van der Waals surface area contributed by atoms with Gasteiger partial charge >= 0.3 is 0 Å². The van der Waals surface area contributed by atoms with E-state index in [9.17, 15) is 4.79 Å². The van der Waals surface area contributed by atoms with Gasteiger partial charge in [-0.2, -0.15) is 0 Å². The monoisotopic (exact) mass is 312 g/mol. The molecule has 2 fully saturated rings. The van der Waals surface area contributed by atoms with Crippen molar-refractivity contribution < 1.29 is 4.79 Å². The Kier molecular flexibility index (Phi) is 3.25. The van der Waals surface area contributed by atoms with Gasteiger partial charge in [0.05, 0.1) is 0 Å². The van der Waals surface area contributed by atoms with Gasteiger partial charge in [0.15, 0.2) is 5.11 Å². The van der Waals surface area contributed by atoms with Gasteiger partial charge in [0, 0.05) is 16.1 Å². The van der Waals surface area contributed by atoms with Gasteiger partial charge in [0.25, 0.3) is 5.91 Å². The van der Waals surface area contributed by atoms with Gasteiger partial charge in [0.2, 0.25) is 0 Å². The average molecular weight is 313 g/mol. The van der Waals surface area contributed by atoms with Crippen LogP contribution in [0.25, 0.3) is 6.08 Å². The van der Waals surface area contributed by atoms with Crippen molar-refractivity contribution >= 4 is 52.5 Å². The fourth-order valence-corrected chi connectivity index (χ4v) is 2.79. The van der Waals surface area contributed by atoms with Gasteiger partial charge in [-0.3, -0.25) is 9.69 Å². The molecular weight excluding hydrogens is 303 g/mol. The summed E-state index contributed by atoms with van der Waals surface area (Å²) in [6.07, 6.45) is 3.74. The third kappa shape index (κ3) is 2.48. The summed E-state index contributed by atoms with van der Waals surface area (Å²) in [5.41, 5.74) is 1.20. The van der Waals surface area contributed by atoms with Crippen LogP contribution in [0.15, 0.2) is 23.9 Å². The number of benzene rings is 1. The number of carbonyl (C=O) groups excluding carboxylic acids is 1. The lowest BCUT2D eigenvalue weighted by Crippen LogP contribution is -2.32. The van der Waals surface area contributed by atoms with Crippen LogP contribution in [0.4, 0.5) is 0 Å². The van der Waals surface area contributed by atoms with E-state index in [-0.39, 0.29) is 11.9 Å². The standard InChI is InChI=1S/C13H10Cl2N2OS/c14-8-2-1-7(10(15)6-8)5-11-12(18)17(9-3-4-9)13(19)16-11/h1-2,5-6,9H,3-4H2,(H,16,19)/b11-5+. The average Bonchev–Trinajstić information content (AvgIpc) is 3.12. The Hall–Kier alpha value is -1.10. The molecule has 1 saturated heterocycles. The zero-order valence-corrected chi connectivity index (χ0v) is 12.1. The smallest absolute Gasteiger partial charge is 0.276 e. The van der Waals surface area contributed by atoms with Crippen LogP contribution in [0.5, 0.6) is 0 Å². The predicted octanol–water partition coefficient (Wildman–Crippen LogP) is 3.21. The summed E-state index contributed by atoms with van der Waals surface area (Å²) in [7, 11) is 0. The number of hydrogen-bond donors (Lipinski definition) is 1. The molecule has 3 nitrogen and oxygen atoms in total. The summed E-state index contributed by atoms with van der Waals surface area (Å²) in [6, 6.07) is 5.41. The first-order valence-corrected chi connectivity index (χ1v) is 7.04. The minimum absolute atomic E-state index is 0.0847. The first kappa shape index (κ1) is 12.9. The molecule has 98 valence electrons. The highest BCUT2D eigenvalue weighted by atomic mass is 35.5. The molecule has 1 aliphatic carbocycles. The molecule has 1 N–H and O–H groups in total. The van der Waals surface area contributed by atoms with Crippen LogP contribution in [-0.4, -0.2) is 22.0 Å². The lowest BCUT2D eigenvalue weighted by molar-refractivity contribution is -0.122. The summed E-state index contributed by atoms with van der Waals surface area (Å²) in [5.74, 6) is -0.0847. The Labute approximate surface area is 126 Å². The molecular formula is C13H10Cl2N2OS. The first-order chi connectivity index (χ1) is 9.06. The van der Waals surface area contributed by atoms with E-state index in [1.165, 1.54) is 0 Å². The first-order valence-electron chi connectivity index (χ1n) is 5.87. The van der Waals surface area contributed by atoms with E-state index >= 15 is 0 Å². The highest BCUT2D eigenvalue weighted by molar-refractivity contribution is 7.80. The van der Waals surface area contributed by atoms with Crippen molar-refractivity contribution in [3.8, 4) is 0 Å². The summed E-state index contributed by atoms with van der Waals surface area (Å²) >= 11 is 17.1. The van der Waals surface area contributed by atoms with E-state index in [0.29, 0.717) is 20.9 Å². The van der Waals surface area contributed by atoms with Gasteiger partial charge in [-0.15, -0.1) is 0 Å². The van der Waals surface area contributed by atoms with Crippen LogP contribution in [0.2, 0.25) is 10.0 Å². The fourth-order valence-electron chi connectivity index (χ4n) is 1.99. The molecule has 0 bridgehead atoms. The zero-order valence-electron chi connectivity index (χ0n) is 9.82. The van der Waals surface area contributed by atoms with Gasteiger partial charge in [0.1, 0.15) is 5.70 Å². The normalized spacial score (nSPS) is 21.2. The van der Waals surface area contributed by atoms with E-state index in [0.717, 1.165) is 18.4 Å². The number of carbonyl (C=O) groups is 1. The third-order valence-corrected chi connectivity index (χ3v) is 3.95. The quantitative estimate of drug-likeness (QED) is 0.672. The maximum atomic E-state index is 12.2. The molecule has 3 rings (SSSR count). The highest BCUT2D eigenvalue weighted by Crippen LogP contribution is 2.31. The van der Waals surface area contributed by atoms with E-state index < -0.39 is 0 Å². The van der Waals surface area contributed by atoms with Gasteiger partial charge < -0.3 is 5.32 Å². The number of rotatable bonds is 2. The Balaban J connectivity index is 1.91. The number of nitrogens with zero attached hydrogens (tertiary/aromatic N) is 1. The van der Waals surface area contributed by atoms with Gasteiger partial charge in [-0.05, 0) is 48.8 Å². The van der Waals surface area contributed by atoms with E-state index in [2.05, 4.69) is 5.32 Å². The van der Waals surface area contributed by atoms with Crippen molar-refractivity contribution in [2.75, 3.05) is 0 Å². The Morgan fingerprint density at radius 1 is 1.37 bits per heavy atom. The largest absolute Gasteiger partial charge is 0.328 e. The summed E-state index contributed by atoms with van der Waals surface area (Å²) in [6.45, 7) is 0. The molecule has 19 heavy (non-hydrogen) atoms. The van der Waals surface area contributed by atoms with Crippen molar-refractivity contribution in [2.24, 2.45) is 0 Å². The Morgan fingerprint density at radius 3 is 2.74 bits per heavy atom. The number of amides is 1. The van der Waals surface area contributed by atoms with Crippen LogP contribution in [0.3, 0.4) is 0 Å².